The molecule has 0 spiro atoms. The van der Waals surface area contributed by atoms with Gasteiger partial charge in [-0.1, -0.05) is 67.3 Å². The molecule has 0 N–H and O–H groups in total. The highest BCUT2D eigenvalue weighted by molar-refractivity contribution is 5.54. The molecule has 0 aliphatic rings. The Balaban J connectivity index is 2.52. The summed E-state index contributed by atoms with van der Waals surface area (Å²) in [4.78, 5) is 2.23. The second-order valence-corrected chi connectivity index (χ2v) is 4.61. The van der Waals surface area contributed by atoms with Crippen LogP contribution in [0.4, 0.5) is 0 Å². The molecule has 18 heavy (non-hydrogen) atoms. The fourth-order valence-corrected chi connectivity index (χ4v) is 2.34. The summed E-state index contributed by atoms with van der Waals surface area (Å²) < 4.78 is 0. The van der Waals surface area contributed by atoms with Gasteiger partial charge in [-0.15, -0.1) is 0 Å². The zero-order valence-electron chi connectivity index (χ0n) is 11.0. The molecule has 1 atom stereocenters. The van der Waals surface area contributed by atoms with E-state index < -0.39 is 0 Å². The number of hydrogen-bond donors (Lipinski definition) is 0. The Bertz CT molecular complexity index is 514. The van der Waals surface area contributed by atoms with E-state index in [4.69, 9.17) is 0 Å². The Morgan fingerprint density at radius 3 is 2.17 bits per heavy atom. The normalized spacial score (nSPS) is 12.4. The minimum Gasteiger partial charge on any atom is -0.299 e. The SMILES string of the molecule is C=Cc1ccccc1C(c1ccccc1)N(C)C. The van der Waals surface area contributed by atoms with Crippen LogP contribution in [0.15, 0.2) is 61.2 Å². The van der Waals surface area contributed by atoms with Crippen molar-refractivity contribution in [3.8, 4) is 0 Å². The van der Waals surface area contributed by atoms with Gasteiger partial charge in [-0.25, -0.2) is 0 Å². The Morgan fingerprint density at radius 2 is 1.56 bits per heavy atom. The molecule has 0 saturated heterocycles. The quantitative estimate of drug-likeness (QED) is 0.777. The fourth-order valence-electron chi connectivity index (χ4n) is 2.34. The minimum absolute atomic E-state index is 0.264. The molecule has 92 valence electrons. The molecular weight excluding hydrogens is 218 g/mol. The molecule has 2 aromatic rings. The van der Waals surface area contributed by atoms with E-state index in [2.05, 4.69) is 80.2 Å². The van der Waals surface area contributed by atoms with Crippen molar-refractivity contribution >= 4 is 6.08 Å². The summed E-state index contributed by atoms with van der Waals surface area (Å²) in [6, 6.07) is 19.3. The Kier molecular flexibility index (Phi) is 3.96. The summed E-state index contributed by atoms with van der Waals surface area (Å²) in [5, 5.41) is 0. The van der Waals surface area contributed by atoms with Gasteiger partial charge in [0.05, 0.1) is 6.04 Å². The van der Waals surface area contributed by atoms with Gasteiger partial charge in [0.15, 0.2) is 0 Å². The van der Waals surface area contributed by atoms with Crippen molar-refractivity contribution in [2.24, 2.45) is 0 Å². The molecule has 2 rings (SSSR count). The molecule has 0 aromatic heterocycles. The van der Waals surface area contributed by atoms with Crippen LogP contribution < -0.4 is 0 Å². The molecule has 0 fully saturated rings. The largest absolute Gasteiger partial charge is 0.299 e. The maximum atomic E-state index is 3.91. The third kappa shape index (κ3) is 2.52. The van der Waals surface area contributed by atoms with Gasteiger partial charge < -0.3 is 0 Å². The van der Waals surface area contributed by atoms with E-state index in [0.29, 0.717) is 0 Å². The second-order valence-electron chi connectivity index (χ2n) is 4.61. The lowest BCUT2D eigenvalue weighted by molar-refractivity contribution is 0.342. The second kappa shape index (κ2) is 5.65. The predicted molar refractivity (Wildman–Crippen MR) is 78.5 cm³/mol. The lowest BCUT2D eigenvalue weighted by atomic mass is 9.93. The molecule has 0 aliphatic heterocycles. The Hall–Kier alpha value is -1.86. The lowest BCUT2D eigenvalue weighted by Gasteiger charge is -2.26. The average Bonchev–Trinajstić information content (AvgIpc) is 2.40. The van der Waals surface area contributed by atoms with Gasteiger partial charge in [-0.2, -0.15) is 0 Å². The van der Waals surface area contributed by atoms with Crippen molar-refractivity contribution < 1.29 is 0 Å². The summed E-state index contributed by atoms with van der Waals surface area (Å²) >= 11 is 0. The Labute approximate surface area is 109 Å². The predicted octanol–water partition coefficient (Wildman–Crippen LogP) is 3.98. The van der Waals surface area contributed by atoms with Crippen molar-refractivity contribution in [1.29, 1.82) is 0 Å². The van der Waals surface area contributed by atoms with Gasteiger partial charge >= 0.3 is 0 Å². The van der Waals surface area contributed by atoms with Crippen molar-refractivity contribution in [2.45, 2.75) is 6.04 Å². The van der Waals surface area contributed by atoms with Crippen LogP contribution in [0.5, 0.6) is 0 Å². The molecule has 1 heteroatoms. The van der Waals surface area contributed by atoms with E-state index >= 15 is 0 Å². The molecule has 0 amide bonds. The van der Waals surface area contributed by atoms with E-state index in [-0.39, 0.29) is 6.04 Å². The monoisotopic (exact) mass is 237 g/mol. The first kappa shape index (κ1) is 12.6. The summed E-state index contributed by atoms with van der Waals surface area (Å²) in [6.07, 6.45) is 1.93. The van der Waals surface area contributed by atoms with Gasteiger partial charge in [0, 0.05) is 0 Å². The molecule has 0 aliphatic carbocycles. The van der Waals surface area contributed by atoms with Crippen molar-refractivity contribution in [1.82, 2.24) is 4.90 Å². The summed E-state index contributed by atoms with van der Waals surface area (Å²) in [5.74, 6) is 0. The van der Waals surface area contributed by atoms with Crippen LogP contribution in [0.25, 0.3) is 6.08 Å². The maximum absolute atomic E-state index is 3.91. The van der Waals surface area contributed by atoms with Crippen LogP contribution in [0, 0.1) is 0 Å². The highest BCUT2D eigenvalue weighted by Crippen LogP contribution is 2.29. The number of nitrogens with zero attached hydrogens (tertiary/aromatic N) is 1. The smallest absolute Gasteiger partial charge is 0.0602 e. The van der Waals surface area contributed by atoms with E-state index in [9.17, 15) is 0 Å². The first-order chi connectivity index (χ1) is 8.74. The van der Waals surface area contributed by atoms with E-state index in [1.165, 1.54) is 16.7 Å². The van der Waals surface area contributed by atoms with Gasteiger partial charge in [0.25, 0.3) is 0 Å². The molecule has 1 unspecified atom stereocenters. The fraction of sp³-hybridized carbons (Fsp3) is 0.176. The lowest BCUT2D eigenvalue weighted by Crippen LogP contribution is -2.21. The zero-order chi connectivity index (χ0) is 13.0. The van der Waals surface area contributed by atoms with Crippen molar-refractivity contribution in [2.75, 3.05) is 14.1 Å². The topological polar surface area (TPSA) is 3.24 Å². The summed E-state index contributed by atoms with van der Waals surface area (Å²) in [7, 11) is 4.22. The molecule has 0 saturated carbocycles. The van der Waals surface area contributed by atoms with Gasteiger partial charge in [-0.3, -0.25) is 4.90 Å². The number of rotatable bonds is 4. The van der Waals surface area contributed by atoms with Crippen molar-refractivity contribution in [3.05, 3.63) is 77.9 Å². The third-order valence-corrected chi connectivity index (χ3v) is 3.14. The van der Waals surface area contributed by atoms with Crippen LogP contribution in [-0.4, -0.2) is 19.0 Å². The van der Waals surface area contributed by atoms with Crippen LogP contribution in [0.3, 0.4) is 0 Å². The molecule has 2 aromatic carbocycles. The van der Waals surface area contributed by atoms with E-state index in [0.717, 1.165) is 0 Å². The van der Waals surface area contributed by atoms with Crippen LogP contribution in [-0.2, 0) is 0 Å². The highest BCUT2D eigenvalue weighted by Gasteiger charge is 2.17. The highest BCUT2D eigenvalue weighted by atomic mass is 15.1. The van der Waals surface area contributed by atoms with Crippen LogP contribution in [0.1, 0.15) is 22.7 Å². The zero-order valence-corrected chi connectivity index (χ0v) is 11.0. The van der Waals surface area contributed by atoms with Crippen molar-refractivity contribution in [3.63, 3.8) is 0 Å². The van der Waals surface area contributed by atoms with Gasteiger partial charge in [0.1, 0.15) is 0 Å². The summed E-state index contributed by atoms with van der Waals surface area (Å²) in [6.45, 7) is 3.91. The van der Waals surface area contributed by atoms with E-state index in [1.54, 1.807) is 0 Å². The van der Waals surface area contributed by atoms with E-state index in [1.807, 2.05) is 6.08 Å². The summed E-state index contributed by atoms with van der Waals surface area (Å²) in [5.41, 5.74) is 3.79. The molecule has 0 heterocycles. The van der Waals surface area contributed by atoms with Crippen LogP contribution in [0.2, 0.25) is 0 Å². The van der Waals surface area contributed by atoms with Crippen LogP contribution >= 0.6 is 0 Å². The standard InChI is InChI=1S/C17H19N/c1-4-14-10-8-9-13-16(14)17(18(2)3)15-11-6-5-7-12-15/h4-13,17H,1H2,2-3H3. The first-order valence-electron chi connectivity index (χ1n) is 6.16. The molecular formula is C17H19N. The van der Waals surface area contributed by atoms with Gasteiger partial charge in [-0.05, 0) is 30.8 Å². The Morgan fingerprint density at radius 1 is 0.944 bits per heavy atom. The third-order valence-electron chi connectivity index (χ3n) is 3.14. The minimum atomic E-state index is 0.264. The molecule has 0 radical (unpaired) electrons. The molecule has 1 nitrogen and oxygen atoms in total. The number of hydrogen-bond acceptors (Lipinski definition) is 1. The van der Waals surface area contributed by atoms with Gasteiger partial charge in [0.2, 0.25) is 0 Å². The first-order valence-corrected chi connectivity index (χ1v) is 6.16. The number of benzene rings is 2. The maximum Gasteiger partial charge on any atom is 0.0602 e. The average molecular weight is 237 g/mol. The molecule has 0 bridgehead atoms.